The van der Waals surface area contributed by atoms with Gasteiger partial charge in [0.05, 0.1) is 0 Å². The Hall–Kier alpha value is -1.51. The van der Waals surface area contributed by atoms with Crippen LogP contribution < -0.4 is 10.1 Å². The molecule has 112 valence electrons. The van der Waals surface area contributed by atoms with Gasteiger partial charge in [-0.25, -0.2) is 0 Å². The van der Waals surface area contributed by atoms with Gasteiger partial charge >= 0.3 is 0 Å². The predicted molar refractivity (Wildman–Crippen MR) is 83.3 cm³/mol. The standard InChI is InChI=1S/C17H27NO2/c1-7-13(3)18-16(19)11-20-15-10-12(2)8-9-14(15)17(4,5)6/h8-10,13H,7,11H2,1-6H3,(H,18,19). The van der Waals surface area contributed by atoms with Gasteiger partial charge in [-0.3, -0.25) is 4.79 Å². The molecule has 20 heavy (non-hydrogen) atoms. The van der Waals surface area contributed by atoms with E-state index >= 15 is 0 Å². The minimum Gasteiger partial charge on any atom is -0.483 e. The topological polar surface area (TPSA) is 38.3 Å². The molecular weight excluding hydrogens is 250 g/mol. The number of aryl methyl sites for hydroxylation is 1. The van der Waals surface area contributed by atoms with Crippen LogP contribution in [0.15, 0.2) is 18.2 Å². The lowest BCUT2D eigenvalue weighted by Crippen LogP contribution is -2.35. The van der Waals surface area contributed by atoms with E-state index in [-0.39, 0.29) is 24.0 Å². The molecule has 0 aromatic heterocycles. The molecule has 3 nitrogen and oxygen atoms in total. The summed E-state index contributed by atoms with van der Waals surface area (Å²) in [7, 11) is 0. The van der Waals surface area contributed by atoms with Gasteiger partial charge in [0.1, 0.15) is 5.75 Å². The molecule has 0 aliphatic carbocycles. The average molecular weight is 277 g/mol. The van der Waals surface area contributed by atoms with Crippen molar-refractivity contribution in [1.29, 1.82) is 0 Å². The van der Waals surface area contributed by atoms with E-state index in [1.54, 1.807) is 0 Å². The van der Waals surface area contributed by atoms with Crippen molar-refractivity contribution in [2.45, 2.75) is 59.4 Å². The number of hydrogen-bond acceptors (Lipinski definition) is 2. The summed E-state index contributed by atoms with van der Waals surface area (Å²) in [4.78, 5) is 11.8. The second-order valence-corrected chi connectivity index (χ2v) is 6.42. The summed E-state index contributed by atoms with van der Waals surface area (Å²) >= 11 is 0. The molecule has 0 aliphatic rings. The largest absolute Gasteiger partial charge is 0.483 e. The average Bonchev–Trinajstić information content (AvgIpc) is 2.34. The van der Waals surface area contributed by atoms with Crippen LogP contribution in [0.4, 0.5) is 0 Å². The highest BCUT2D eigenvalue weighted by Crippen LogP contribution is 2.31. The van der Waals surface area contributed by atoms with Crippen LogP contribution in [0.2, 0.25) is 0 Å². The molecule has 1 rings (SSSR count). The number of carbonyl (C=O) groups excluding carboxylic acids is 1. The van der Waals surface area contributed by atoms with Gasteiger partial charge < -0.3 is 10.1 Å². The van der Waals surface area contributed by atoms with Gasteiger partial charge in [0.15, 0.2) is 6.61 Å². The molecule has 1 aromatic rings. The Morgan fingerprint density at radius 2 is 2.00 bits per heavy atom. The van der Waals surface area contributed by atoms with Crippen LogP contribution in [-0.2, 0) is 10.2 Å². The molecule has 1 unspecified atom stereocenters. The summed E-state index contributed by atoms with van der Waals surface area (Å²) in [5.74, 6) is 0.734. The second kappa shape index (κ2) is 6.78. The number of amides is 1. The summed E-state index contributed by atoms with van der Waals surface area (Å²) in [5.41, 5.74) is 2.26. The molecular formula is C17H27NO2. The Morgan fingerprint density at radius 1 is 1.35 bits per heavy atom. The predicted octanol–water partition coefficient (Wildman–Crippen LogP) is 3.59. The summed E-state index contributed by atoms with van der Waals surface area (Å²) in [6.07, 6.45) is 0.920. The van der Waals surface area contributed by atoms with E-state index in [1.807, 2.05) is 26.8 Å². The first-order valence-electron chi connectivity index (χ1n) is 7.27. The first-order chi connectivity index (χ1) is 9.24. The third-order valence-electron chi connectivity index (χ3n) is 3.32. The van der Waals surface area contributed by atoms with Gasteiger partial charge in [0, 0.05) is 6.04 Å². The maximum atomic E-state index is 11.8. The minimum atomic E-state index is -0.0688. The van der Waals surface area contributed by atoms with E-state index in [0.29, 0.717) is 0 Å². The maximum absolute atomic E-state index is 11.8. The van der Waals surface area contributed by atoms with E-state index in [4.69, 9.17) is 4.74 Å². The summed E-state index contributed by atoms with van der Waals surface area (Å²) < 4.78 is 5.74. The van der Waals surface area contributed by atoms with Crippen LogP contribution >= 0.6 is 0 Å². The third kappa shape index (κ3) is 4.87. The molecule has 3 heteroatoms. The van der Waals surface area contributed by atoms with Crippen molar-refractivity contribution in [1.82, 2.24) is 5.32 Å². The Morgan fingerprint density at radius 3 is 2.55 bits per heavy atom. The summed E-state index contributed by atoms with van der Waals surface area (Å²) in [5, 5.41) is 2.91. The number of hydrogen-bond donors (Lipinski definition) is 1. The Labute approximate surface area is 122 Å². The Balaban J connectivity index is 2.77. The van der Waals surface area contributed by atoms with E-state index in [2.05, 4.69) is 38.2 Å². The van der Waals surface area contributed by atoms with Gasteiger partial charge in [-0.05, 0) is 42.9 Å². The molecule has 0 aliphatic heterocycles. The molecule has 1 amide bonds. The van der Waals surface area contributed by atoms with Crippen LogP contribution in [0.3, 0.4) is 0 Å². The van der Waals surface area contributed by atoms with Crippen molar-refractivity contribution in [2.24, 2.45) is 0 Å². The molecule has 0 spiro atoms. The van der Waals surface area contributed by atoms with Gasteiger partial charge in [-0.2, -0.15) is 0 Å². The van der Waals surface area contributed by atoms with Crippen LogP contribution in [0, 0.1) is 6.92 Å². The fourth-order valence-corrected chi connectivity index (χ4v) is 1.93. The smallest absolute Gasteiger partial charge is 0.258 e. The van der Waals surface area contributed by atoms with Crippen molar-refractivity contribution < 1.29 is 9.53 Å². The molecule has 1 aromatic carbocycles. The van der Waals surface area contributed by atoms with Gasteiger partial charge in [-0.15, -0.1) is 0 Å². The van der Waals surface area contributed by atoms with Crippen molar-refractivity contribution in [3.05, 3.63) is 29.3 Å². The van der Waals surface area contributed by atoms with E-state index in [0.717, 1.165) is 23.3 Å². The molecule has 0 bridgehead atoms. The lowest BCUT2D eigenvalue weighted by molar-refractivity contribution is -0.123. The summed E-state index contributed by atoms with van der Waals surface area (Å²) in [6, 6.07) is 6.34. The SMILES string of the molecule is CCC(C)NC(=O)COc1cc(C)ccc1C(C)(C)C. The number of carbonyl (C=O) groups is 1. The molecule has 0 saturated carbocycles. The zero-order valence-electron chi connectivity index (χ0n) is 13.5. The first-order valence-corrected chi connectivity index (χ1v) is 7.27. The van der Waals surface area contributed by atoms with E-state index in [1.165, 1.54) is 0 Å². The van der Waals surface area contributed by atoms with Crippen molar-refractivity contribution in [3.63, 3.8) is 0 Å². The molecule has 1 N–H and O–H groups in total. The summed E-state index contributed by atoms with van der Waals surface area (Å²) in [6.45, 7) is 12.6. The highest BCUT2D eigenvalue weighted by atomic mass is 16.5. The van der Waals surface area contributed by atoms with Crippen LogP contribution in [0.25, 0.3) is 0 Å². The van der Waals surface area contributed by atoms with Gasteiger partial charge in [0.2, 0.25) is 0 Å². The highest BCUT2D eigenvalue weighted by Gasteiger charge is 2.19. The maximum Gasteiger partial charge on any atom is 0.258 e. The number of rotatable bonds is 5. The fourth-order valence-electron chi connectivity index (χ4n) is 1.93. The van der Waals surface area contributed by atoms with E-state index < -0.39 is 0 Å². The fraction of sp³-hybridized carbons (Fsp3) is 0.588. The first kappa shape index (κ1) is 16.5. The molecule has 0 heterocycles. The highest BCUT2D eigenvalue weighted by molar-refractivity contribution is 5.77. The monoisotopic (exact) mass is 277 g/mol. The number of benzene rings is 1. The molecule has 1 atom stereocenters. The minimum absolute atomic E-state index is 0.00375. The normalized spacial score (nSPS) is 12.9. The zero-order chi connectivity index (χ0) is 15.3. The van der Waals surface area contributed by atoms with Crippen LogP contribution in [-0.4, -0.2) is 18.6 Å². The number of nitrogens with one attached hydrogen (secondary N) is 1. The lowest BCUT2D eigenvalue weighted by atomic mass is 9.86. The molecule has 0 radical (unpaired) electrons. The van der Waals surface area contributed by atoms with Crippen LogP contribution in [0.1, 0.15) is 52.2 Å². The second-order valence-electron chi connectivity index (χ2n) is 6.42. The van der Waals surface area contributed by atoms with Crippen LogP contribution in [0.5, 0.6) is 5.75 Å². The van der Waals surface area contributed by atoms with Gasteiger partial charge in [-0.1, -0.05) is 39.8 Å². The van der Waals surface area contributed by atoms with Gasteiger partial charge in [0.25, 0.3) is 5.91 Å². The van der Waals surface area contributed by atoms with Crippen molar-refractivity contribution in [2.75, 3.05) is 6.61 Å². The zero-order valence-corrected chi connectivity index (χ0v) is 13.5. The molecule has 0 saturated heterocycles. The Kier molecular flexibility index (Phi) is 5.61. The van der Waals surface area contributed by atoms with Crippen molar-refractivity contribution >= 4 is 5.91 Å². The van der Waals surface area contributed by atoms with Crippen molar-refractivity contribution in [3.8, 4) is 5.75 Å². The Bertz CT molecular complexity index is 461. The lowest BCUT2D eigenvalue weighted by Gasteiger charge is -2.23. The quantitative estimate of drug-likeness (QED) is 0.893. The van der Waals surface area contributed by atoms with E-state index in [9.17, 15) is 4.79 Å². The number of ether oxygens (including phenoxy) is 1. The molecule has 0 fully saturated rings. The third-order valence-corrected chi connectivity index (χ3v) is 3.32.